The number of nitrogens with zero attached hydrogens (tertiary/aromatic N) is 2. The van der Waals surface area contributed by atoms with Gasteiger partial charge in [0.05, 0.1) is 17.1 Å². The maximum Gasteiger partial charge on any atom is 0.313 e. The van der Waals surface area contributed by atoms with Gasteiger partial charge in [0.25, 0.3) is 0 Å². The van der Waals surface area contributed by atoms with Gasteiger partial charge >= 0.3 is 5.97 Å². The molecule has 0 aliphatic rings. The van der Waals surface area contributed by atoms with E-state index in [9.17, 15) is 4.79 Å². The molecule has 5 heteroatoms. The summed E-state index contributed by atoms with van der Waals surface area (Å²) in [5.41, 5.74) is 4.41. The molecule has 20 heavy (non-hydrogen) atoms. The first-order valence-corrected chi connectivity index (χ1v) is 7.51. The Morgan fingerprint density at radius 3 is 2.80 bits per heavy atom. The summed E-state index contributed by atoms with van der Waals surface area (Å²) in [7, 11) is 0. The van der Waals surface area contributed by atoms with Crippen LogP contribution in [0.4, 0.5) is 0 Å². The summed E-state index contributed by atoms with van der Waals surface area (Å²) in [4.78, 5) is 15.2. The highest BCUT2D eigenvalue weighted by atomic mass is 32.2. The van der Waals surface area contributed by atoms with E-state index in [-0.39, 0.29) is 5.75 Å². The van der Waals surface area contributed by atoms with Crippen molar-refractivity contribution >= 4 is 17.7 Å². The highest BCUT2D eigenvalue weighted by Gasteiger charge is 2.14. The Morgan fingerprint density at radius 1 is 1.40 bits per heavy atom. The zero-order valence-corrected chi connectivity index (χ0v) is 12.7. The minimum Gasteiger partial charge on any atom is -0.481 e. The number of hydrogen-bond donors (Lipinski definition) is 1. The SMILES string of the molecule is CCc1cccc(C)c1-n1cc(C)nc1SCC(=O)O. The van der Waals surface area contributed by atoms with Crippen LogP contribution < -0.4 is 0 Å². The van der Waals surface area contributed by atoms with Gasteiger partial charge in [-0.1, -0.05) is 36.9 Å². The van der Waals surface area contributed by atoms with Crippen molar-refractivity contribution in [1.82, 2.24) is 9.55 Å². The van der Waals surface area contributed by atoms with Crippen LogP contribution in [0.25, 0.3) is 5.69 Å². The number of imidazole rings is 1. The molecule has 0 amide bonds. The van der Waals surface area contributed by atoms with E-state index in [1.807, 2.05) is 23.8 Å². The molecule has 2 rings (SSSR count). The third-order valence-electron chi connectivity index (χ3n) is 3.06. The van der Waals surface area contributed by atoms with E-state index in [1.165, 1.54) is 22.9 Å². The van der Waals surface area contributed by atoms with Gasteiger partial charge < -0.3 is 5.11 Å². The molecule has 1 heterocycles. The van der Waals surface area contributed by atoms with Crippen molar-refractivity contribution in [2.45, 2.75) is 32.3 Å². The monoisotopic (exact) mass is 290 g/mol. The summed E-state index contributed by atoms with van der Waals surface area (Å²) in [5, 5.41) is 9.57. The highest BCUT2D eigenvalue weighted by Crippen LogP contribution is 2.27. The largest absolute Gasteiger partial charge is 0.481 e. The normalized spacial score (nSPS) is 10.8. The van der Waals surface area contributed by atoms with Gasteiger partial charge in [0.2, 0.25) is 0 Å². The van der Waals surface area contributed by atoms with Gasteiger partial charge in [-0.2, -0.15) is 0 Å². The van der Waals surface area contributed by atoms with E-state index in [4.69, 9.17) is 5.11 Å². The molecule has 1 aromatic heterocycles. The van der Waals surface area contributed by atoms with E-state index in [0.29, 0.717) is 0 Å². The van der Waals surface area contributed by atoms with Crippen LogP contribution in [0.5, 0.6) is 0 Å². The lowest BCUT2D eigenvalue weighted by Gasteiger charge is -2.14. The number of hydrogen-bond acceptors (Lipinski definition) is 3. The predicted octanol–water partition coefficient (Wildman–Crippen LogP) is 3.23. The molecule has 2 aromatic rings. The van der Waals surface area contributed by atoms with Crippen LogP contribution in [0.1, 0.15) is 23.7 Å². The Labute approximate surface area is 122 Å². The molecule has 0 aliphatic heterocycles. The van der Waals surface area contributed by atoms with Crippen molar-refractivity contribution < 1.29 is 9.90 Å². The van der Waals surface area contributed by atoms with Crippen molar-refractivity contribution in [3.8, 4) is 5.69 Å². The molecule has 0 bridgehead atoms. The third kappa shape index (κ3) is 3.04. The van der Waals surface area contributed by atoms with Crippen LogP contribution in [-0.2, 0) is 11.2 Å². The molecular weight excluding hydrogens is 272 g/mol. The third-order valence-corrected chi connectivity index (χ3v) is 4.00. The van der Waals surface area contributed by atoms with E-state index >= 15 is 0 Å². The van der Waals surface area contributed by atoms with Gasteiger partial charge in [-0.15, -0.1) is 0 Å². The summed E-state index contributed by atoms with van der Waals surface area (Å²) < 4.78 is 2.01. The van der Waals surface area contributed by atoms with Gasteiger partial charge in [-0.3, -0.25) is 9.36 Å². The number of rotatable bonds is 5. The fourth-order valence-corrected chi connectivity index (χ4v) is 2.96. The number of carboxylic acid groups (broad SMARTS) is 1. The Bertz CT molecular complexity index is 635. The van der Waals surface area contributed by atoms with Crippen molar-refractivity contribution in [2.75, 3.05) is 5.75 Å². The van der Waals surface area contributed by atoms with Crippen molar-refractivity contribution in [1.29, 1.82) is 0 Å². The molecule has 0 unspecified atom stereocenters. The second-order valence-corrected chi connectivity index (χ2v) is 5.60. The number of para-hydroxylation sites is 1. The second kappa shape index (κ2) is 6.13. The topological polar surface area (TPSA) is 55.1 Å². The molecule has 0 fully saturated rings. The average molecular weight is 290 g/mol. The lowest BCUT2D eigenvalue weighted by molar-refractivity contribution is -0.133. The lowest BCUT2D eigenvalue weighted by Crippen LogP contribution is -2.04. The first-order chi connectivity index (χ1) is 9.52. The van der Waals surface area contributed by atoms with Crippen molar-refractivity contribution in [3.63, 3.8) is 0 Å². The molecule has 1 aromatic carbocycles. The standard InChI is InChI=1S/C15H18N2O2S/c1-4-12-7-5-6-10(2)14(12)17-8-11(3)16-15(17)20-9-13(18)19/h5-8H,4,9H2,1-3H3,(H,18,19). The molecule has 4 nitrogen and oxygen atoms in total. The molecule has 0 saturated heterocycles. The number of carbonyl (C=O) groups is 1. The maximum atomic E-state index is 10.8. The lowest BCUT2D eigenvalue weighted by atomic mass is 10.1. The molecule has 1 N–H and O–H groups in total. The second-order valence-electron chi connectivity index (χ2n) is 4.65. The summed E-state index contributed by atoms with van der Waals surface area (Å²) in [6, 6.07) is 6.21. The molecule has 0 spiro atoms. The number of aliphatic carboxylic acids is 1. The zero-order chi connectivity index (χ0) is 14.7. The van der Waals surface area contributed by atoms with Crippen LogP contribution in [0.2, 0.25) is 0 Å². The number of aryl methyl sites for hydroxylation is 3. The zero-order valence-electron chi connectivity index (χ0n) is 11.9. The fraction of sp³-hybridized carbons (Fsp3) is 0.333. The smallest absolute Gasteiger partial charge is 0.313 e. The molecule has 106 valence electrons. The fourth-order valence-electron chi connectivity index (χ4n) is 2.21. The molecule has 0 radical (unpaired) electrons. The molecular formula is C15H18N2O2S. The van der Waals surface area contributed by atoms with E-state index in [2.05, 4.69) is 31.0 Å². The van der Waals surface area contributed by atoms with Crippen LogP contribution in [0, 0.1) is 13.8 Å². The molecule has 0 saturated carbocycles. The number of benzene rings is 1. The van der Waals surface area contributed by atoms with Gasteiger partial charge in [-0.05, 0) is 31.4 Å². The van der Waals surface area contributed by atoms with E-state index in [1.54, 1.807) is 0 Å². The Balaban J connectivity index is 2.50. The minimum absolute atomic E-state index is 0.0177. The van der Waals surface area contributed by atoms with Crippen LogP contribution in [0.3, 0.4) is 0 Å². The van der Waals surface area contributed by atoms with Gasteiger partial charge in [0.1, 0.15) is 0 Å². The summed E-state index contributed by atoms with van der Waals surface area (Å²) in [6.45, 7) is 6.10. The van der Waals surface area contributed by atoms with Crippen LogP contribution in [-0.4, -0.2) is 26.4 Å². The Kier molecular flexibility index (Phi) is 4.49. The Morgan fingerprint density at radius 2 is 2.15 bits per heavy atom. The minimum atomic E-state index is -0.831. The average Bonchev–Trinajstić information content (AvgIpc) is 2.76. The quantitative estimate of drug-likeness (QED) is 0.859. The van der Waals surface area contributed by atoms with Gasteiger partial charge in [0, 0.05) is 6.20 Å². The number of carboxylic acids is 1. The first kappa shape index (κ1) is 14.7. The molecule has 0 aliphatic carbocycles. The van der Waals surface area contributed by atoms with E-state index < -0.39 is 5.97 Å². The highest BCUT2D eigenvalue weighted by molar-refractivity contribution is 7.99. The van der Waals surface area contributed by atoms with E-state index in [0.717, 1.165) is 23.0 Å². The van der Waals surface area contributed by atoms with Crippen molar-refractivity contribution in [3.05, 3.63) is 41.2 Å². The summed E-state index contributed by atoms with van der Waals surface area (Å²) in [6.07, 6.45) is 2.89. The summed E-state index contributed by atoms with van der Waals surface area (Å²) >= 11 is 1.25. The summed E-state index contributed by atoms with van der Waals surface area (Å²) in [5.74, 6) is -0.813. The van der Waals surface area contributed by atoms with Gasteiger partial charge in [-0.25, -0.2) is 4.98 Å². The number of aromatic nitrogens is 2. The van der Waals surface area contributed by atoms with Gasteiger partial charge in [0.15, 0.2) is 5.16 Å². The van der Waals surface area contributed by atoms with Crippen LogP contribution in [0.15, 0.2) is 29.6 Å². The first-order valence-electron chi connectivity index (χ1n) is 6.52. The predicted molar refractivity (Wildman–Crippen MR) is 80.8 cm³/mol. The van der Waals surface area contributed by atoms with Crippen molar-refractivity contribution in [2.24, 2.45) is 0 Å². The Hall–Kier alpha value is -1.75. The number of thioether (sulfide) groups is 1. The maximum absolute atomic E-state index is 10.8. The van der Waals surface area contributed by atoms with Crippen LogP contribution >= 0.6 is 11.8 Å². The molecule has 0 atom stereocenters.